The van der Waals surface area contributed by atoms with Gasteiger partial charge in [-0.3, -0.25) is 18.6 Å². The second-order valence-electron chi connectivity index (χ2n) is 4.38. The van der Waals surface area contributed by atoms with Crippen molar-refractivity contribution in [3.8, 4) is 5.69 Å². The highest BCUT2D eigenvalue weighted by atomic mass is 32.2. The van der Waals surface area contributed by atoms with Gasteiger partial charge in [0.15, 0.2) is 5.16 Å². The number of amides is 1. The number of halogens is 1. The van der Waals surface area contributed by atoms with Gasteiger partial charge in [0.25, 0.3) is 0 Å². The van der Waals surface area contributed by atoms with E-state index in [-0.39, 0.29) is 17.2 Å². The van der Waals surface area contributed by atoms with Crippen molar-refractivity contribution < 1.29 is 9.18 Å². The molecule has 0 aliphatic heterocycles. The van der Waals surface area contributed by atoms with Crippen molar-refractivity contribution in [1.82, 2.24) is 19.2 Å². The van der Waals surface area contributed by atoms with Crippen LogP contribution in [-0.2, 0) is 4.79 Å². The van der Waals surface area contributed by atoms with Crippen molar-refractivity contribution in [3.63, 3.8) is 0 Å². The van der Waals surface area contributed by atoms with E-state index in [1.807, 2.05) is 0 Å². The third-order valence-corrected chi connectivity index (χ3v) is 3.85. The maximum Gasteiger partial charge on any atom is 0.300 e. The minimum atomic E-state index is -0.485. The first-order valence-corrected chi connectivity index (χ1v) is 7.18. The highest BCUT2D eigenvalue weighted by Gasteiger charge is 2.12. The number of aromatic nitrogens is 4. The Labute approximate surface area is 127 Å². The third-order valence-electron chi connectivity index (χ3n) is 2.89. The summed E-state index contributed by atoms with van der Waals surface area (Å²) >= 11 is 1.09. The van der Waals surface area contributed by atoms with Crippen molar-refractivity contribution in [2.75, 3.05) is 5.75 Å². The zero-order valence-electron chi connectivity index (χ0n) is 11.1. The van der Waals surface area contributed by atoms with Crippen LogP contribution >= 0.6 is 11.8 Å². The van der Waals surface area contributed by atoms with E-state index in [0.29, 0.717) is 10.8 Å². The number of rotatable bonds is 4. The van der Waals surface area contributed by atoms with Crippen LogP contribution in [-0.4, -0.2) is 30.8 Å². The maximum absolute atomic E-state index is 13.0. The summed E-state index contributed by atoms with van der Waals surface area (Å²) < 4.78 is 15.8. The summed E-state index contributed by atoms with van der Waals surface area (Å²) in [5.41, 5.74) is 5.31. The van der Waals surface area contributed by atoms with Crippen molar-refractivity contribution in [3.05, 3.63) is 52.8 Å². The monoisotopic (exact) mass is 319 g/mol. The number of nitrogens with two attached hydrogens (primary N) is 1. The molecule has 0 unspecified atom stereocenters. The summed E-state index contributed by atoms with van der Waals surface area (Å²) in [6.45, 7) is 0. The lowest BCUT2D eigenvalue weighted by Gasteiger charge is -2.06. The molecular formula is C13H10FN5O2S. The molecule has 3 rings (SSSR count). The number of hydrogen-bond donors (Lipinski definition) is 1. The quantitative estimate of drug-likeness (QED) is 0.710. The first-order chi connectivity index (χ1) is 10.6. The first-order valence-electron chi connectivity index (χ1n) is 6.19. The molecule has 0 fully saturated rings. The zero-order chi connectivity index (χ0) is 15.7. The molecule has 0 aliphatic carbocycles. The Morgan fingerprint density at radius 2 is 1.95 bits per heavy atom. The van der Waals surface area contributed by atoms with Gasteiger partial charge in [-0.05, 0) is 24.3 Å². The Balaban J connectivity index is 2.05. The van der Waals surface area contributed by atoms with Crippen LogP contribution in [0.4, 0.5) is 4.39 Å². The molecule has 2 N–H and O–H groups in total. The average Bonchev–Trinajstić information content (AvgIpc) is 2.91. The molecule has 0 radical (unpaired) electrons. The molecule has 0 spiro atoms. The van der Waals surface area contributed by atoms with Crippen molar-refractivity contribution >= 4 is 23.3 Å². The molecule has 0 atom stereocenters. The number of hydrogen-bond acceptors (Lipinski definition) is 5. The Morgan fingerprint density at radius 1 is 1.23 bits per heavy atom. The van der Waals surface area contributed by atoms with Crippen molar-refractivity contribution in [1.29, 1.82) is 0 Å². The van der Waals surface area contributed by atoms with Gasteiger partial charge in [0, 0.05) is 18.1 Å². The number of primary amides is 1. The Bertz CT molecular complexity index is 903. The minimum Gasteiger partial charge on any atom is -0.369 e. The Kier molecular flexibility index (Phi) is 3.63. The van der Waals surface area contributed by atoms with Crippen LogP contribution in [0, 0.1) is 5.82 Å². The summed E-state index contributed by atoms with van der Waals surface area (Å²) in [7, 11) is 0. The zero-order valence-corrected chi connectivity index (χ0v) is 12.0. The van der Waals surface area contributed by atoms with Gasteiger partial charge in [0.2, 0.25) is 11.6 Å². The second kappa shape index (κ2) is 5.60. The van der Waals surface area contributed by atoms with Gasteiger partial charge in [-0.25, -0.2) is 4.39 Å². The molecular weight excluding hydrogens is 309 g/mol. The molecule has 7 nitrogen and oxygen atoms in total. The van der Waals surface area contributed by atoms with Crippen LogP contribution in [0.1, 0.15) is 0 Å². The molecule has 0 bridgehead atoms. The third kappa shape index (κ3) is 2.58. The molecule has 1 aromatic carbocycles. The van der Waals surface area contributed by atoms with E-state index >= 15 is 0 Å². The van der Waals surface area contributed by atoms with Gasteiger partial charge in [-0.1, -0.05) is 11.8 Å². The summed E-state index contributed by atoms with van der Waals surface area (Å²) in [6, 6.07) is 5.52. The largest absolute Gasteiger partial charge is 0.369 e. The van der Waals surface area contributed by atoms with Crippen molar-refractivity contribution in [2.24, 2.45) is 5.73 Å². The predicted molar refractivity (Wildman–Crippen MR) is 78.5 cm³/mol. The van der Waals surface area contributed by atoms with E-state index < -0.39 is 11.5 Å². The molecule has 0 aliphatic rings. The van der Waals surface area contributed by atoms with Gasteiger partial charge < -0.3 is 5.73 Å². The lowest BCUT2D eigenvalue weighted by Crippen LogP contribution is -2.20. The molecule has 3 aromatic rings. The number of thioether (sulfide) groups is 1. The summed E-state index contributed by atoms with van der Waals surface area (Å²) in [5.74, 6) is -0.825. The van der Waals surface area contributed by atoms with E-state index in [9.17, 15) is 14.0 Å². The van der Waals surface area contributed by atoms with Crippen LogP contribution in [0.15, 0.2) is 46.6 Å². The number of carbonyl (C=O) groups is 1. The minimum absolute atomic E-state index is 0.0435. The number of nitrogens with zero attached hydrogens (tertiary/aromatic N) is 4. The molecule has 9 heteroatoms. The summed E-state index contributed by atoms with van der Waals surface area (Å²) in [6.07, 6.45) is 3.13. The standard InChI is InChI=1S/C13H10FN5O2S/c14-8-1-3-9(4-2-8)18-5-6-19-11(12(18)21)16-17-13(19)22-7-10(15)20/h1-6H,7H2,(H2,15,20). The summed E-state index contributed by atoms with van der Waals surface area (Å²) in [4.78, 5) is 23.2. The Morgan fingerprint density at radius 3 is 2.64 bits per heavy atom. The highest BCUT2D eigenvalue weighted by molar-refractivity contribution is 7.99. The number of carbonyl (C=O) groups excluding carboxylic acids is 1. The van der Waals surface area contributed by atoms with E-state index in [1.165, 1.54) is 39.4 Å². The lowest BCUT2D eigenvalue weighted by atomic mass is 10.3. The van der Waals surface area contributed by atoms with Crippen LogP contribution in [0.5, 0.6) is 0 Å². The molecule has 2 aromatic heterocycles. The van der Waals surface area contributed by atoms with E-state index in [2.05, 4.69) is 10.2 Å². The van der Waals surface area contributed by atoms with E-state index in [0.717, 1.165) is 11.8 Å². The van der Waals surface area contributed by atoms with E-state index in [1.54, 1.807) is 6.20 Å². The number of benzene rings is 1. The average molecular weight is 319 g/mol. The van der Waals surface area contributed by atoms with E-state index in [4.69, 9.17) is 5.73 Å². The molecule has 0 saturated heterocycles. The van der Waals surface area contributed by atoms with Crippen LogP contribution in [0.3, 0.4) is 0 Å². The van der Waals surface area contributed by atoms with Gasteiger partial charge in [-0.2, -0.15) is 0 Å². The summed E-state index contributed by atoms with van der Waals surface area (Å²) in [5, 5.41) is 8.10. The maximum atomic E-state index is 13.0. The fourth-order valence-corrected chi connectivity index (χ4v) is 2.56. The molecule has 22 heavy (non-hydrogen) atoms. The fourth-order valence-electron chi connectivity index (χ4n) is 1.91. The highest BCUT2D eigenvalue weighted by Crippen LogP contribution is 2.15. The molecule has 1 amide bonds. The van der Waals surface area contributed by atoms with Crippen LogP contribution in [0.2, 0.25) is 0 Å². The predicted octanol–water partition coefficient (Wildman–Crippen LogP) is 0.597. The fraction of sp³-hybridized carbons (Fsp3) is 0.0769. The lowest BCUT2D eigenvalue weighted by molar-refractivity contribution is -0.115. The van der Waals surface area contributed by atoms with Crippen LogP contribution < -0.4 is 11.3 Å². The SMILES string of the molecule is NC(=O)CSc1nnc2c(=O)n(-c3ccc(F)cc3)ccn12. The van der Waals surface area contributed by atoms with Gasteiger partial charge in [0.05, 0.1) is 5.75 Å². The van der Waals surface area contributed by atoms with Crippen LogP contribution in [0.25, 0.3) is 11.3 Å². The molecule has 112 valence electrons. The number of fused-ring (bicyclic) bond motifs is 1. The van der Waals surface area contributed by atoms with Gasteiger partial charge in [-0.15, -0.1) is 10.2 Å². The van der Waals surface area contributed by atoms with Crippen molar-refractivity contribution in [2.45, 2.75) is 5.16 Å². The Hall–Kier alpha value is -2.68. The van der Waals surface area contributed by atoms with Gasteiger partial charge >= 0.3 is 5.56 Å². The first kappa shape index (κ1) is 14.3. The normalized spacial score (nSPS) is 11.0. The topological polar surface area (TPSA) is 95.3 Å². The second-order valence-corrected chi connectivity index (χ2v) is 5.32. The smallest absolute Gasteiger partial charge is 0.300 e. The molecule has 0 saturated carbocycles. The molecule has 2 heterocycles. The van der Waals surface area contributed by atoms with Gasteiger partial charge in [0.1, 0.15) is 5.82 Å².